The van der Waals surface area contributed by atoms with E-state index in [0.717, 1.165) is 43.5 Å². The summed E-state index contributed by atoms with van der Waals surface area (Å²) in [5.74, 6) is 1.35. The van der Waals surface area contributed by atoms with E-state index in [1.54, 1.807) is 13.2 Å². The maximum absolute atomic E-state index is 11.9. The van der Waals surface area contributed by atoms with E-state index >= 15 is 0 Å². The summed E-state index contributed by atoms with van der Waals surface area (Å²) in [4.78, 5) is 11.9. The lowest BCUT2D eigenvalue weighted by atomic mass is 10.0. The van der Waals surface area contributed by atoms with Gasteiger partial charge in [-0.3, -0.25) is 4.79 Å². The molecule has 104 valence electrons. The molecule has 2 rings (SSSR count). The minimum atomic E-state index is -0.0223. The first-order valence-electron chi connectivity index (χ1n) is 6.88. The van der Waals surface area contributed by atoms with Gasteiger partial charge in [0.2, 0.25) is 0 Å². The van der Waals surface area contributed by atoms with Gasteiger partial charge >= 0.3 is 0 Å². The second-order valence-electron chi connectivity index (χ2n) is 4.72. The van der Waals surface area contributed by atoms with Gasteiger partial charge in [-0.2, -0.15) is 0 Å². The molecule has 19 heavy (non-hydrogen) atoms. The molecule has 1 aliphatic rings. The molecule has 0 spiro atoms. The number of aryl methyl sites for hydroxylation is 1. The van der Waals surface area contributed by atoms with E-state index in [1.807, 2.05) is 6.07 Å². The van der Waals surface area contributed by atoms with Gasteiger partial charge < -0.3 is 14.8 Å². The topological polar surface area (TPSA) is 47.6 Å². The van der Waals surface area contributed by atoms with Crippen molar-refractivity contribution in [3.05, 3.63) is 23.3 Å². The summed E-state index contributed by atoms with van der Waals surface area (Å²) in [5.41, 5.74) is 1.75. The van der Waals surface area contributed by atoms with Crippen molar-refractivity contribution in [2.75, 3.05) is 20.3 Å². The van der Waals surface area contributed by atoms with Gasteiger partial charge in [-0.05, 0) is 37.0 Å². The Kier molecular flexibility index (Phi) is 4.66. The Morgan fingerprint density at radius 3 is 2.89 bits per heavy atom. The van der Waals surface area contributed by atoms with Crippen LogP contribution in [0, 0.1) is 0 Å². The van der Waals surface area contributed by atoms with E-state index < -0.39 is 0 Å². The third-order valence-electron chi connectivity index (χ3n) is 3.30. The Morgan fingerprint density at radius 1 is 1.32 bits per heavy atom. The van der Waals surface area contributed by atoms with E-state index in [1.165, 1.54) is 0 Å². The van der Waals surface area contributed by atoms with Crippen LogP contribution in [0.1, 0.15) is 42.1 Å². The van der Waals surface area contributed by atoms with E-state index in [9.17, 15) is 4.79 Å². The molecule has 0 aromatic heterocycles. The largest absolute Gasteiger partial charge is 0.493 e. The smallest absolute Gasteiger partial charge is 0.251 e. The van der Waals surface area contributed by atoms with Gasteiger partial charge in [0.05, 0.1) is 13.7 Å². The molecule has 0 bridgehead atoms. The molecule has 0 radical (unpaired) electrons. The van der Waals surface area contributed by atoms with Crippen molar-refractivity contribution in [2.45, 2.75) is 32.6 Å². The summed E-state index contributed by atoms with van der Waals surface area (Å²) in [6, 6.07) is 3.74. The number of rotatable bonds is 5. The quantitative estimate of drug-likeness (QED) is 0.830. The van der Waals surface area contributed by atoms with Crippen LogP contribution in [0.25, 0.3) is 0 Å². The van der Waals surface area contributed by atoms with Crippen LogP contribution in [0.2, 0.25) is 0 Å². The molecule has 0 fully saturated rings. The molecular weight excluding hydrogens is 242 g/mol. The fourth-order valence-corrected chi connectivity index (χ4v) is 2.20. The predicted octanol–water partition coefficient (Wildman–Crippen LogP) is 2.55. The Bertz CT molecular complexity index is 457. The first-order valence-corrected chi connectivity index (χ1v) is 6.88. The number of methoxy groups -OCH3 is 1. The van der Waals surface area contributed by atoms with Gasteiger partial charge in [0.1, 0.15) is 0 Å². The molecule has 1 aromatic rings. The first kappa shape index (κ1) is 13.7. The molecule has 4 heteroatoms. The number of hydrogen-bond acceptors (Lipinski definition) is 3. The number of unbranched alkanes of at least 4 members (excludes halogenated alkanes) is 1. The number of nitrogens with one attached hydrogen (secondary N) is 1. The van der Waals surface area contributed by atoms with Crippen molar-refractivity contribution in [1.82, 2.24) is 5.32 Å². The Labute approximate surface area is 114 Å². The lowest BCUT2D eigenvalue weighted by Gasteiger charge is -2.14. The van der Waals surface area contributed by atoms with Crippen molar-refractivity contribution in [2.24, 2.45) is 0 Å². The highest BCUT2D eigenvalue weighted by molar-refractivity contribution is 5.96. The third-order valence-corrected chi connectivity index (χ3v) is 3.30. The zero-order chi connectivity index (χ0) is 13.7. The number of fused-ring (bicyclic) bond motifs is 1. The van der Waals surface area contributed by atoms with Crippen LogP contribution in [-0.2, 0) is 6.42 Å². The highest BCUT2D eigenvalue weighted by Crippen LogP contribution is 2.32. The molecule has 1 amide bonds. The maximum Gasteiger partial charge on any atom is 0.251 e. The van der Waals surface area contributed by atoms with E-state index in [2.05, 4.69) is 12.2 Å². The van der Waals surface area contributed by atoms with E-state index in [-0.39, 0.29) is 5.91 Å². The highest BCUT2D eigenvalue weighted by atomic mass is 16.5. The minimum absolute atomic E-state index is 0.0223. The second kappa shape index (κ2) is 6.45. The molecule has 1 aliphatic heterocycles. The summed E-state index contributed by atoms with van der Waals surface area (Å²) in [7, 11) is 1.60. The van der Waals surface area contributed by atoms with Gasteiger partial charge in [-0.25, -0.2) is 0 Å². The van der Waals surface area contributed by atoms with Crippen LogP contribution in [0.4, 0.5) is 0 Å². The zero-order valence-corrected chi connectivity index (χ0v) is 11.6. The van der Waals surface area contributed by atoms with Crippen molar-refractivity contribution < 1.29 is 14.3 Å². The average molecular weight is 263 g/mol. The molecule has 0 saturated carbocycles. The molecule has 0 saturated heterocycles. The van der Waals surface area contributed by atoms with Gasteiger partial charge in [0.25, 0.3) is 5.91 Å². The number of benzene rings is 1. The molecule has 1 aromatic carbocycles. The highest BCUT2D eigenvalue weighted by Gasteiger charge is 2.19. The van der Waals surface area contributed by atoms with Crippen molar-refractivity contribution in [1.29, 1.82) is 0 Å². The molecule has 0 unspecified atom stereocenters. The molecule has 0 atom stereocenters. The zero-order valence-electron chi connectivity index (χ0n) is 11.6. The summed E-state index contributed by atoms with van der Waals surface area (Å²) >= 11 is 0. The van der Waals surface area contributed by atoms with Crippen LogP contribution >= 0.6 is 0 Å². The fourth-order valence-electron chi connectivity index (χ4n) is 2.20. The van der Waals surface area contributed by atoms with Crippen LogP contribution in [0.15, 0.2) is 12.1 Å². The second-order valence-corrected chi connectivity index (χ2v) is 4.72. The summed E-state index contributed by atoms with van der Waals surface area (Å²) in [6.45, 7) is 3.53. The van der Waals surface area contributed by atoms with Crippen molar-refractivity contribution in [3.8, 4) is 11.5 Å². The van der Waals surface area contributed by atoms with Crippen molar-refractivity contribution in [3.63, 3.8) is 0 Å². The van der Waals surface area contributed by atoms with Crippen LogP contribution in [0.3, 0.4) is 0 Å². The number of carbonyl (C=O) groups is 1. The van der Waals surface area contributed by atoms with Gasteiger partial charge in [0.15, 0.2) is 11.5 Å². The molecule has 0 aliphatic carbocycles. The molecular formula is C15H21NO3. The Hall–Kier alpha value is -1.71. The molecule has 1 N–H and O–H groups in total. The van der Waals surface area contributed by atoms with E-state index in [0.29, 0.717) is 17.9 Å². The molecule has 1 heterocycles. The normalized spacial score (nSPS) is 14.3. The summed E-state index contributed by atoms with van der Waals surface area (Å²) in [6.07, 6.45) is 3.96. The first-order chi connectivity index (χ1) is 9.26. The van der Waals surface area contributed by atoms with Crippen LogP contribution in [-0.4, -0.2) is 26.2 Å². The lowest BCUT2D eigenvalue weighted by molar-refractivity contribution is 0.0955. The Morgan fingerprint density at radius 2 is 2.16 bits per heavy atom. The van der Waals surface area contributed by atoms with Gasteiger partial charge in [-0.1, -0.05) is 13.3 Å². The van der Waals surface area contributed by atoms with Gasteiger partial charge in [-0.15, -0.1) is 0 Å². The minimum Gasteiger partial charge on any atom is -0.493 e. The Balaban J connectivity index is 2.29. The van der Waals surface area contributed by atoms with Crippen LogP contribution in [0.5, 0.6) is 11.5 Å². The number of amides is 1. The summed E-state index contributed by atoms with van der Waals surface area (Å²) < 4.78 is 11.1. The third kappa shape index (κ3) is 3.19. The van der Waals surface area contributed by atoms with Crippen LogP contribution < -0.4 is 14.8 Å². The van der Waals surface area contributed by atoms with Gasteiger partial charge in [0, 0.05) is 12.1 Å². The summed E-state index contributed by atoms with van der Waals surface area (Å²) in [5, 5.41) is 2.89. The monoisotopic (exact) mass is 263 g/mol. The number of ether oxygens (including phenoxy) is 2. The number of carbonyl (C=O) groups excluding carboxylic acids is 1. The standard InChI is InChI=1S/C15H21NO3/c1-3-4-8-19-14-9-11-6-5-7-16-15(17)12(11)10-13(14)18-2/h9-10H,3-8H2,1-2H3,(H,16,17). The number of hydrogen-bond donors (Lipinski definition) is 1. The maximum atomic E-state index is 11.9. The van der Waals surface area contributed by atoms with E-state index in [4.69, 9.17) is 9.47 Å². The fraction of sp³-hybridized carbons (Fsp3) is 0.533. The molecule has 4 nitrogen and oxygen atoms in total. The lowest BCUT2D eigenvalue weighted by Crippen LogP contribution is -2.22. The van der Waals surface area contributed by atoms with Crippen molar-refractivity contribution >= 4 is 5.91 Å². The average Bonchev–Trinajstić information content (AvgIpc) is 2.60. The predicted molar refractivity (Wildman–Crippen MR) is 74.1 cm³/mol. The SMILES string of the molecule is CCCCOc1cc2c(cc1OC)C(=O)NCCC2.